The predicted molar refractivity (Wildman–Crippen MR) is 94.2 cm³/mol. The van der Waals surface area contributed by atoms with Crippen molar-refractivity contribution in [1.29, 1.82) is 0 Å². The van der Waals surface area contributed by atoms with Gasteiger partial charge in [-0.25, -0.2) is 21.9 Å². The molecule has 2 aromatic rings. The SMILES string of the molecule is CC(C)NS(=O)(=O)Cc1ccc(CNCc2cc(F)ccc2F)cc1. The summed E-state index contributed by atoms with van der Waals surface area (Å²) in [6, 6.07) is 10.3. The minimum absolute atomic E-state index is 0.0760. The third kappa shape index (κ3) is 6.53. The van der Waals surface area contributed by atoms with Crippen LogP contribution >= 0.6 is 0 Å². The molecule has 0 heterocycles. The molecule has 2 aromatic carbocycles. The molecule has 7 heteroatoms. The van der Waals surface area contributed by atoms with Gasteiger partial charge >= 0.3 is 0 Å². The van der Waals surface area contributed by atoms with Crippen LogP contribution in [0.4, 0.5) is 8.78 Å². The van der Waals surface area contributed by atoms with Gasteiger partial charge in [0.15, 0.2) is 0 Å². The number of benzene rings is 2. The molecule has 0 saturated carbocycles. The van der Waals surface area contributed by atoms with Crippen LogP contribution in [0.5, 0.6) is 0 Å². The van der Waals surface area contributed by atoms with E-state index in [1.54, 1.807) is 26.0 Å². The molecule has 2 rings (SSSR count). The van der Waals surface area contributed by atoms with Gasteiger partial charge in [0.25, 0.3) is 0 Å². The number of nitrogens with one attached hydrogen (secondary N) is 2. The second-order valence-electron chi connectivity index (χ2n) is 6.19. The lowest BCUT2D eigenvalue weighted by atomic mass is 10.1. The van der Waals surface area contributed by atoms with Crippen LogP contribution in [-0.4, -0.2) is 14.5 Å². The van der Waals surface area contributed by atoms with Gasteiger partial charge in [0.1, 0.15) is 11.6 Å². The molecule has 0 unspecified atom stereocenters. The predicted octanol–water partition coefficient (Wildman–Crippen LogP) is 3.08. The van der Waals surface area contributed by atoms with Crippen molar-refractivity contribution in [1.82, 2.24) is 10.0 Å². The van der Waals surface area contributed by atoms with Crippen LogP contribution in [0.3, 0.4) is 0 Å². The number of hydrogen-bond acceptors (Lipinski definition) is 3. The maximum atomic E-state index is 13.5. The highest BCUT2D eigenvalue weighted by atomic mass is 32.2. The maximum absolute atomic E-state index is 13.5. The van der Waals surface area contributed by atoms with Gasteiger partial charge in [0.05, 0.1) is 5.75 Å². The van der Waals surface area contributed by atoms with Crippen LogP contribution in [0.2, 0.25) is 0 Å². The van der Waals surface area contributed by atoms with Gasteiger partial charge in [-0.15, -0.1) is 0 Å². The molecule has 2 N–H and O–H groups in total. The van der Waals surface area contributed by atoms with Crippen molar-refractivity contribution in [3.8, 4) is 0 Å². The second kappa shape index (κ2) is 8.51. The molecule has 0 atom stereocenters. The highest BCUT2D eigenvalue weighted by Gasteiger charge is 2.12. The molecule has 0 fully saturated rings. The number of hydrogen-bond donors (Lipinski definition) is 2. The van der Waals surface area contributed by atoms with Gasteiger partial charge in [-0.3, -0.25) is 0 Å². The van der Waals surface area contributed by atoms with E-state index in [1.165, 1.54) is 0 Å². The lowest BCUT2D eigenvalue weighted by molar-refractivity contribution is 0.568. The van der Waals surface area contributed by atoms with Crippen molar-refractivity contribution in [2.24, 2.45) is 0 Å². The molecular formula is C18H22F2N2O2S. The molecule has 0 aliphatic heterocycles. The summed E-state index contributed by atoms with van der Waals surface area (Å²) in [6.07, 6.45) is 0. The summed E-state index contributed by atoms with van der Waals surface area (Å²) < 4.78 is 53.0. The first-order chi connectivity index (χ1) is 11.7. The Bertz CT molecular complexity index is 806. The summed E-state index contributed by atoms with van der Waals surface area (Å²) in [5.41, 5.74) is 1.88. The molecule has 0 bridgehead atoms. The van der Waals surface area contributed by atoms with Crippen LogP contribution in [-0.2, 0) is 28.9 Å². The molecule has 0 aromatic heterocycles. The summed E-state index contributed by atoms with van der Waals surface area (Å²) in [5.74, 6) is -1.00. The molecule has 0 spiro atoms. The van der Waals surface area contributed by atoms with Gasteiger partial charge in [0, 0.05) is 24.7 Å². The molecule has 0 amide bonds. The van der Waals surface area contributed by atoms with Crippen LogP contribution < -0.4 is 10.0 Å². The molecule has 0 radical (unpaired) electrons. The van der Waals surface area contributed by atoms with Crippen molar-refractivity contribution in [2.75, 3.05) is 0 Å². The van der Waals surface area contributed by atoms with Crippen molar-refractivity contribution >= 4 is 10.0 Å². The quantitative estimate of drug-likeness (QED) is 0.753. The Morgan fingerprint density at radius 2 is 1.60 bits per heavy atom. The minimum Gasteiger partial charge on any atom is -0.309 e. The zero-order valence-corrected chi connectivity index (χ0v) is 15.0. The van der Waals surface area contributed by atoms with Gasteiger partial charge < -0.3 is 5.32 Å². The van der Waals surface area contributed by atoms with Crippen molar-refractivity contribution in [2.45, 2.75) is 38.7 Å². The highest BCUT2D eigenvalue weighted by Crippen LogP contribution is 2.11. The van der Waals surface area contributed by atoms with E-state index in [0.717, 1.165) is 23.8 Å². The summed E-state index contributed by atoms with van der Waals surface area (Å²) in [7, 11) is -3.35. The zero-order valence-electron chi connectivity index (χ0n) is 14.2. The van der Waals surface area contributed by atoms with E-state index >= 15 is 0 Å². The fourth-order valence-electron chi connectivity index (χ4n) is 2.39. The van der Waals surface area contributed by atoms with Crippen LogP contribution in [0, 0.1) is 11.6 Å². The molecule has 4 nitrogen and oxygen atoms in total. The highest BCUT2D eigenvalue weighted by molar-refractivity contribution is 7.88. The van der Waals surface area contributed by atoms with Gasteiger partial charge in [0.2, 0.25) is 10.0 Å². The molecule has 0 saturated heterocycles. The van der Waals surface area contributed by atoms with Crippen molar-refractivity contribution in [3.63, 3.8) is 0 Å². The fraction of sp³-hybridized carbons (Fsp3) is 0.333. The standard InChI is InChI=1S/C18H22F2N2O2S/c1-13(2)22-25(23,24)12-15-5-3-14(4-6-15)10-21-11-16-9-17(19)7-8-18(16)20/h3-9,13,21-22H,10-12H2,1-2H3. The molecular weight excluding hydrogens is 346 g/mol. The Balaban J connectivity index is 1.89. The topological polar surface area (TPSA) is 58.2 Å². The third-order valence-electron chi connectivity index (χ3n) is 3.45. The van der Waals surface area contributed by atoms with Gasteiger partial charge in [-0.2, -0.15) is 0 Å². The Morgan fingerprint density at radius 1 is 0.960 bits per heavy atom. The molecule has 25 heavy (non-hydrogen) atoms. The van der Waals surface area contributed by atoms with Gasteiger partial charge in [-0.1, -0.05) is 24.3 Å². The van der Waals surface area contributed by atoms with E-state index < -0.39 is 21.7 Å². The Labute approximate surface area is 147 Å². The largest absolute Gasteiger partial charge is 0.309 e. The Morgan fingerprint density at radius 3 is 2.24 bits per heavy atom. The Kier molecular flexibility index (Phi) is 6.64. The van der Waals surface area contributed by atoms with Gasteiger partial charge in [-0.05, 0) is 43.2 Å². The van der Waals surface area contributed by atoms with Crippen LogP contribution in [0.15, 0.2) is 42.5 Å². The first-order valence-electron chi connectivity index (χ1n) is 7.97. The first-order valence-corrected chi connectivity index (χ1v) is 9.63. The zero-order chi connectivity index (χ0) is 18.4. The number of halogens is 2. The average Bonchev–Trinajstić information content (AvgIpc) is 2.51. The summed E-state index contributed by atoms with van der Waals surface area (Å²) >= 11 is 0. The van der Waals surface area contributed by atoms with E-state index in [-0.39, 0.29) is 23.9 Å². The Hall–Kier alpha value is -1.83. The van der Waals surface area contributed by atoms with E-state index in [9.17, 15) is 17.2 Å². The molecule has 136 valence electrons. The summed E-state index contributed by atoms with van der Waals surface area (Å²) in [5, 5.41) is 3.04. The minimum atomic E-state index is -3.35. The monoisotopic (exact) mass is 368 g/mol. The van der Waals surface area contributed by atoms with E-state index in [2.05, 4.69) is 10.0 Å². The first kappa shape index (κ1) is 19.5. The van der Waals surface area contributed by atoms with E-state index in [1.807, 2.05) is 12.1 Å². The summed E-state index contributed by atoms with van der Waals surface area (Å²) in [4.78, 5) is 0. The van der Waals surface area contributed by atoms with E-state index in [4.69, 9.17) is 0 Å². The van der Waals surface area contributed by atoms with Crippen molar-refractivity contribution < 1.29 is 17.2 Å². The lowest BCUT2D eigenvalue weighted by Crippen LogP contribution is -2.31. The van der Waals surface area contributed by atoms with Crippen molar-refractivity contribution in [3.05, 3.63) is 70.8 Å². The van der Waals surface area contributed by atoms with Crippen LogP contribution in [0.1, 0.15) is 30.5 Å². The third-order valence-corrected chi connectivity index (χ3v) is 4.99. The fourth-order valence-corrected chi connectivity index (χ4v) is 3.83. The lowest BCUT2D eigenvalue weighted by Gasteiger charge is -2.10. The number of rotatable bonds is 8. The van der Waals surface area contributed by atoms with Crippen LogP contribution in [0.25, 0.3) is 0 Å². The smallest absolute Gasteiger partial charge is 0.216 e. The second-order valence-corrected chi connectivity index (χ2v) is 7.94. The molecule has 0 aliphatic rings. The van der Waals surface area contributed by atoms with E-state index in [0.29, 0.717) is 12.1 Å². The maximum Gasteiger partial charge on any atom is 0.216 e. The summed E-state index contributed by atoms with van der Waals surface area (Å²) in [6.45, 7) is 4.22. The number of sulfonamides is 1. The molecule has 0 aliphatic carbocycles. The average molecular weight is 368 g/mol. The normalized spacial score (nSPS) is 11.9.